The van der Waals surface area contributed by atoms with E-state index in [-0.39, 0.29) is 11.3 Å². The molecule has 2 aromatic rings. The highest BCUT2D eigenvalue weighted by Crippen LogP contribution is 2.24. The molecule has 0 heterocycles. The van der Waals surface area contributed by atoms with Crippen molar-refractivity contribution in [1.29, 1.82) is 0 Å². The molecule has 0 saturated carbocycles. The summed E-state index contributed by atoms with van der Waals surface area (Å²) in [5, 5.41) is 12.7. The first-order valence-electron chi connectivity index (χ1n) is 6.73. The summed E-state index contributed by atoms with van der Waals surface area (Å²) in [7, 11) is 1.30. The minimum atomic E-state index is -0.478. The number of esters is 1. The molecule has 1 amide bonds. The van der Waals surface area contributed by atoms with Gasteiger partial charge in [-0.1, -0.05) is 18.2 Å². The van der Waals surface area contributed by atoms with Gasteiger partial charge in [-0.15, -0.1) is 0 Å². The van der Waals surface area contributed by atoms with Gasteiger partial charge in [0, 0.05) is 5.69 Å². The van der Waals surface area contributed by atoms with E-state index < -0.39 is 11.9 Å². The van der Waals surface area contributed by atoms with Crippen LogP contribution in [0.5, 0.6) is 5.75 Å². The van der Waals surface area contributed by atoms with Crippen LogP contribution in [-0.4, -0.2) is 24.1 Å². The van der Waals surface area contributed by atoms with Gasteiger partial charge in [-0.25, -0.2) is 4.79 Å². The third-order valence-corrected chi connectivity index (χ3v) is 3.39. The second-order valence-corrected chi connectivity index (χ2v) is 4.95. The molecule has 0 bridgehead atoms. The molecule has 2 N–H and O–H groups in total. The summed E-state index contributed by atoms with van der Waals surface area (Å²) < 4.78 is 4.66. The number of ether oxygens (including phenoxy) is 1. The molecule has 0 saturated heterocycles. The lowest BCUT2D eigenvalue weighted by atomic mass is 10.1. The summed E-state index contributed by atoms with van der Waals surface area (Å²) in [5.74, 6) is -0.970. The maximum atomic E-state index is 12.3. The molecule has 5 nitrogen and oxygen atoms in total. The van der Waals surface area contributed by atoms with Gasteiger partial charge in [0.1, 0.15) is 5.75 Å². The topological polar surface area (TPSA) is 75.6 Å². The number of hydrogen-bond donors (Lipinski definition) is 2. The number of carbonyl (C=O) groups excluding carboxylic acids is 2. The average Bonchev–Trinajstić information content (AvgIpc) is 2.51. The summed E-state index contributed by atoms with van der Waals surface area (Å²) in [5.41, 5.74) is 2.44. The zero-order chi connectivity index (χ0) is 16.3. The van der Waals surface area contributed by atoms with Gasteiger partial charge in [-0.2, -0.15) is 0 Å². The fraction of sp³-hybridized carbons (Fsp3) is 0.176. The van der Waals surface area contributed by atoms with Crippen molar-refractivity contribution in [3.63, 3.8) is 0 Å². The normalized spacial score (nSPS) is 10.1. The van der Waals surface area contributed by atoms with Gasteiger partial charge in [-0.3, -0.25) is 4.79 Å². The third-order valence-electron chi connectivity index (χ3n) is 3.39. The third kappa shape index (κ3) is 3.09. The zero-order valence-corrected chi connectivity index (χ0v) is 12.6. The maximum Gasteiger partial charge on any atom is 0.337 e. The largest absolute Gasteiger partial charge is 0.507 e. The quantitative estimate of drug-likeness (QED) is 0.854. The monoisotopic (exact) mass is 299 g/mol. The Morgan fingerprint density at radius 1 is 1.09 bits per heavy atom. The van der Waals surface area contributed by atoms with Gasteiger partial charge < -0.3 is 15.2 Å². The SMILES string of the molecule is COC(=O)c1ccc(C)c(NC(=O)c2cccc(C)c2O)c1. The molecule has 0 aliphatic rings. The number of nitrogens with one attached hydrogen (secondary N) is 1. The number of rotatable bonds is 3. The van der Waals surface area contributed by atoms with E-state index >= 15 is 0 Å². The van der Waals surface area contributed by atoms with Gasteiger partial charge in [0.05, 0.1) is 18.2 Å². The van der Waals surface area contributed by atoms with Gasteiger partial charge in [0.15, 0.2) is 0 Å². The number of phenols is 1. The smallest absolute Gasteiger partial charge is 0.337 e. The number of benzene rings is 2. The highest BCUT2D eigenvalue weighted by molar-refractivity contribution is 6.07. The van der Waals surface area contributed by atoms with E-state index in [0.717, 1.165) is 5.56 Å². The number of para-hydroxylation sites is 1. The second kappa shape index (κ2) is 6.30. The Hall–Kier alpha value is -2.82. The molecular weight excluding hydrogens is 282 g/mol. The predicted octanol–water partition coefficient (Wildman–Crippen LogP) is 3.05. The fourth-order valence-corrected chi connectivity index (χ4v) is 2.03. The van der Waals surface area contributed by atoms with Crippen molar-refractivity contribution in [2.45, 2.75) is 13.8 Å². The summed E-state index contributed by atoms with van der Waals surface area (Å²) in [4.78, 5) is 23.9. The van der Waals surface area contributed by atoms with Crippen LogP contribution in [0.4, 0.5) is 5.69 Å². The number of phenolic OH excluding ortho intramolecular Hbond substituents is 1. The van der Waals surface area contributed by atoms with Crippen molar-refractivity contribution in [2.75, 3.05) is 12.4 Å². The van der Waals surface area contributed by atoms with Gasteiger partial charge in [0.2, 0.25) is 0 Å². The number of aryl methyl sites for hydroxylation is 2. The van der Waals surface area contributed by atoms with Crippen LogP contribution in [0.25, 0.3) is 0 Å². The summed E-state index contributed by atoms with van der Waals surface area (Å²) in [6.45, 7) is 3.53. The summed E-state index contributed by atoms with van der Waals surface area (Å²) in [6.07, 6.45) is 0. The molecule has 0 radical (unpaired) electrons. The van der Waals surface area contributed by atoms with Crippen LogP contribution in [0.3, 0.4) is 0 Å². The minimum Gasteiger partial charge on any atom is -0.507 e. The number of carbonyl (C=O) groups is 2. The summed E-state index contributed by atoms with van der Waals surface area (Å²) in [6, 6.07) is 9.85. The fourth-order valence-electron chi connectivity index (χ4n) is 2.03. The molecule has 0 atom stereocenters. The van der Waals surface area contributed by atoms with E-state index in [9.17, 15) is 14.7 Å². The van der Waals surface area contributed by atoms with Gasteiger partial charge in [0.25, 0.3) is 5.91 Å². The minimum absolute atomic E-state index is 0.0539. The lowest BCUT2D eigenvalue weighted by Crippen LogP contribution is -2.14. The van der Waals surface area contributed by atoms with Crippen LogP contribution in [0.15, 0.2) is 36.4 Å². The molecule has 2 rings (SSSR count). The van der Waals surface area contributed by atoms with E-state index in [2.05, 4.69) is 10.1 Å². The van der Waals surface area contributed by atoms with Crippen LogP contribution < -0.4 is 5.32 Å². The zero-order valence-electron chi connectivity index (χ0n) is 12.6. The van der Waals surface area contributed by atoms with Crippen LogP contribution in [-0.2, 0) is 4.74 Å². The van der Waals surface area contributed by atoms with Crippen molar-refractivity contribution < 1.29 is 19.4 Å². The Bertz CT molecular complexity index is 737. The van der Waals surface area contributed by atoms with Gasteiger partial charge in [-0.05, 0) is 43.2 Å². The van der Waals surface area contributed by atoms with Crippen molar-refractivity contribution >= 4 is 17.6 Å². The molecular formula is C17H17NO4. The number of amides is 1. The van der Waals surface area contributed by atoms with Crippen LogP contribution >= 0.6 is 0 Å². The molecule has 2 aromatic carbocycles. The molecule has 114 valence electrons. The van der Waals surface area contributed by atoms with Crippen molar-refractivity contribution in [3.05, 3.63) is 58.7 Å². The Morgan fingerprint density at radius 2 is 1.82 bits per heavy atom. The summed E-state index contributed by atoms with van der Waals surface area (Å²) >= 11 is 0. The Morgan fingerprint density at radius 3 is 2.50 bits per heavy atom. The van der Waals surface area contributed by atoms with E-state index in [1.54, 1.807) is 37.3 Å². The molecule has 0 spiro atoms. The van der Waals surface area contributed by atoms with Gasteiger partial charge >= 0.3 is 5.97 Å². The Labute approximate surface area is 128 Å². The molecule has 0 aliphatic heterocycles. The molecule has 0 aliphatic carbocycles. The standard InChI is InChI=1S/C17H17NO4/c1-10-7-8-12(17(21)22-3)9-14(10)18-16(20)13-6-4-5-11(2)15(13)19/h4-9,19H,1-3H3,(H,18,20). The molecule has 0 aromatic heterocycles. The predicted molar refractivity (Wildman–Crippen MR) is 83.3 cm³/mol. The lowest BCUT2D eigenvalue weighted by Gasteiger charge is -2.11. The molecule has 5 heteroatoms. The number of anilines is 1. The van der Waals surface area contributed by atoms with Crippen LogP contribution in [0.1, 0.15) is 31.8 Å². The molecule has 22 heavy (non-hydrogen) atoms. The Kier molecular flexibility index (Phi) is 4.46. The van der Waals surface area contributed by atoms with E-state index in [0.29, 0.717) is 16.8 Å². The van der Waals surface area contributed by atoms with Crippen molar-refractivity contribution in [3.8, 4) is 5.75 Å². The number of methoxy groups -OCH3 is 1. The highest BCUT2D eigenvalue weighted by Gasteiger charge is 2.15. The van der Waals surface area contributed by atoms with Crippen molar-refractivity contribution in [1.82, 2.24) is 0 Å². The van der Waals surface area contributed by atoms with Crippen molar-refractivity contribution in [2.24, 2.45) is 0 Å². The van der Waals surface area contributed by atoms with E-state index in [1.165, 1.54) is 13.2 Å². The lowest BCUT2D eigenvalue weighted by molar-refractivity contribution is 0.0600. The molecule has 0 unspecified atom stereocenters. The maximum absolute atomic E-state index is 12.3. The first-order valence-corrected chi connectivity index (χ1v) is 6.73. The highest BCUT2D eigenvalue weighted by atomic mass is 16.5. The average molecular weight is 299 g/mol. The first-order chi connectivity index (χ1) is 10.4. The van der Waals surface area contributed by atoms with Crippen LogP contribution in [0, 0.1) is 13.8 Å². The number of aromatic hydroxyl groups is 1. The second-order valence-electron chi connectivity index (χ2n) is 4.95. The number of hydrogen-bond acceptors (Lipinski definition) is 4. The Balaban J connectivity index is 2.32. The van der Waals surface area contributed by atoms with Crippen LogP contribution in [0.2, 0.25) is 0 Å². The first kappa shape index (κ1) is 15.6. The van der Waals surface area contributed by atoms with E-state index in [1.807, 2.05) is 6.92 Å². The molecule has 0 fully saturated rings. The van der Waals surface area contributed by atoms with E-state index in [4.69, 9.17) is 0 Å².